The molecule has 1 heterocycles. The number of thioether (sulfide) groups is 1. The van der Waals surface area contributed by atoms with Gasteiger partial charge in [0.1, 0.15) is 11.2 Å². The third-order valence-electron chi connectivity index (χ3n) is 3.20. The van der Waals surface area contributed by atoms with Gasteiger partial charge in [-0.05, 0) is 30.3 Å². The van der Waals surface area contributed by atoms with E-state index in [2.05, 4.69) is 0 Å². The van der Waals surface area contributed by atoms with Gasteiger partial charge in [0.2, 0.25) is 0 Å². The molecule has 0 radical (unpaired) electrons. The van der Waals surface area contributed by atoms with Crippen molar-refractivity contribution in [3.8, 4) is 0 Å². The van der Waals surface area contributed by atoms with Gasteiger partial charge in [-0.25, -0.2) is 0 Å². The van der Waals surface area contributed by atoms with Gasteiger partial charge < -0.3 is 4.42 Å². The van der Waals surface area contributed by atoms with Crippen molar-refractivity contribution in [1.29, 1.82) is 0 Å². The Labute approximate surface area is 143 Å². The van der Waals surface area contributed by atoms with E-state index in [1.54, 1.807) is 0 Å². The SMILES string of the molecule is CS(=O)(=O)OCCSc1ccc2c(=S)c3ccccc3oc2c1. The Bertz CT molecular complexity index is 1020. The van der Waals surface area contributed by atoms with Crippen LogP contribution in [0.25, 0.3) is 21.9 Å². The number of fused-ring (bicyclic) bond motifs is 2. The number of para-hydroxylation sites is 1. The van der Waals surface area contributed by atoms with Crippen molar-refractivity contribution in [2.24, 2.45) is 0 Å². The normalized spacial score (nSPS) is 12.0. The lowest BCUT2D eigenvalue weighted by atomic mass is 10.1. The van der Waals surface area contributed by atoms with E-state index >= 15 is 0 Å². The van der Waals surface area contributed by atoms with Crippen molar-refractivity contribution in [2.75, 3.05) is 18.6 Å². The second-order valence-corrected chi connectivity index (χ2v) is 8.18. The molecular formula is C16H14O4S3. The van der Waals surface area contributed by atoms with Crippen LogP contribution in [0.5, 0.6) is 0 Å². The number of rotatable bonds is 5. The van der Waals surface area contributed by atoms with E-state index in [0.717, 1.165) is 37.6 Å². The van der Waals surface area contributed by atoms with Crippen LogP contribution < -0.4 is 0 Å². The van der Waals surface area contributed by atoms with Crippen molar-refractivity contribution in [3.63, 3.8) is 0 Å². The quantitative estimate of drug-likeness (QED) is 0.220. The highest BCUT2D eigenvalue weighted by atomic mass is 32.2. The van der Waals surface area contributed by atoms with E-state index in [-0.39, 0.29) is 6.61 Å². The Hall–Kier alpha value is -1.41. The molecule has 0 atom stereocenters. The minimum absolute atomic E-state index is 0.142. The summed E-state index contributed by atoms with van der Waals surface area (Å²) in [6.07, 6.45) is 1.04. The van der Waals surface area contributed by atoms with Crippen molar-refractivity contribution in [1.82, 2.24) is 0 Å². The van der Waals surface area contributed by atoms with Gasteiger partial charge in [0.25, 0.3) is 10.1 Å². The lowest BCUT2D eigenvalue weighted by Crippen LogP contribution is -2.05. The summed E-state index contributed by atoms with van der Waals surface area (Å²) in [7, 11) is -3.39. The minimum atomic E-state index is -3.39. The summed E-state index contributed by atoms with van der Waals surface area (Å²) in [5.41, 5.74) is 1.48. The Balaban J connectivity index is 1.87. The van der Waals surface area contributed by atoms with Gasteiger partial charge in [-0.3, -0.25) is 4.18 Å². The molecule has 23 heavy (non-hydrogen) atoms. The van der Waals surface area contributed by atoms with Gasteiger partial charge in [0.05, 0.1) is 17.4 Å². The molecule has 0 spiro atoms. The summed E-state index contributed by atoms with van der Waals surface area (Å²) in [5, 5.41) is 1.83. The van der Waals surface area contributed by atoms with Gasteiger partial charge in [0, 0.05) is 21.4 Å². The average Bonchev–Trinajstić information content (AvgIpc) is 2.51. The van der Waals surface area contributed by atoms with Crippen LogP contribution in [0.3, 0.4) is 0 Å². The van der Waals surface area contributed by atoms with Crippen LogP contribution in [0, 0.1) is 4.51 Å². The Kier molecular flexibility index (Phi) is 4.72. The predicted octanol–water partition coefficient (Wildman–Crippen LogP) is 4.38. The largest absolute Gasteiger partial charge is 0.456 e. The number of benzene rings is 2. The molecule has 0 saturated heterocycles. The minimum Gasteiger partial charge on any atom is -0.456 e. The standard InChI is InChI=1S/C16H14O4S3/c1-23(17,18)19-8-9-22-11-6-7-13-15(10-11)20-14-5-3-2-4-12(14)16(13)21/h2-7,10H,8-9H2,1H3. The van der Waals surface area contributed by atoms with Gasteiger partial charge in [-0.1, -0.05) is 24.4 Å². The first-order valence-electron chi connectivity index (χ1n) is 6.87. The van der Waals surface area contributed by atoms with Crippen molar-refractivity contribution < 1.29 is 17.0 Å². The number of hydrogen-bond acceptors (Lipinski definition) is 6. The van der Waals surface area contributed by atoms with Crippen LogP contribution in [0.4, 0.5) is 0 Å². The van der Waals surface area contributed by atoms with Crippen LogP contribution in [0.1, 0.15) is 0 Å². The Morgan fingerprint density at radius 3 is 2.65 bits per heavy atom. The highest BCUT2D eigenvalue weighted by molar-refractivity contribution is 7.99. The second kappa shape index (κ2) is 6.60. The maximum Gasteiger partial charge on any atom is 0.264 e. The van der Waals surface area contributed by atoms with Crippen molar-refractivity contribution in [3.05, 3.63) is 47.0 Å². The van der Waals surface area contributed by atoms with Crippen LogP contribution in [-0.2, 0) is 14.3 Å². The van der Waals surface area contributed by atoms with Crippen LogP contribution in [0.2, 0.25) is 0 Å². The summed E-state index contributed by atoms with van der Waals surface area (Å²) in [4.78, 5) is 0.975. The molecule has 3 aromatic rings. The van der Waals surface area contributed by atoms with E-state index in [1.807, 2.05) is 42.5 Å². The smallest absolute Gasteiger partial charge is 0.264 e. The molecule has 0 saturated carbocycles. The molecule has 120 valence electrons. The van der Waals surface area contributed by atoms with E-state index in [4.69, 9.17) is 20.8 Å². The topological polar surface area (TPSA) is 56.5 Å². The maximum absolute atomic E-state index is 10.9. The van der Waals surface area contributed by atoms with E-state index < -0.39 is 10.1 Å². The molecule has 4 nitrogen and oxygen atoms in total. The van der Waals surface area contributed by atoms with Crippen molar-refractivity contribution in [2.45, 2.75) is 4.90 Å². The fourth-order valence-electron chi connectivity index (χ4n) is 2.22. The molecular weight excluding hydrogens is 352 g/mol. The summed E-state index contributed by atoms with van der Waals surface area (Å²) < 4.78 is 33.3. The fourth-order valence-corrected chi connectivity index (χ4v) is 3.80. The zero-order chi connectivity index (χ0) is 16.4. The monoisotopic (exact) mass is 366 g/mol. The first-order valence-corrected chi connectivity index (χ1v) is 10.1. The zero-order valence-corrected chi connectivity index (χ0v) is 14.8. The Morgan fingerprint density at radius 2 is 1.87 bits per heavy atom. The third-order valence-corrected chi connectivity index (χ3v) is 5.19. The molecule has 0 bridgehead atoms. The maximum atomic E-state index is 10.9. The average molecular weight is 366 g/mol. The lowest BCUT2D eigenvalue weighted by molar-refractivity contribution is 0.345. The molecule has 0 fully saturated rings. The van der Waals surface area contributed by atoms with Crippen LogP contribution in [-0.4, -0.2) is 27.0 Å². The second-order valence-electron chi connectivity index (χ2n) is 4.96. The zero-order valence-electron chi connectivity index (χ0n) is 12.3. The summed E-state index contributed by atoms with van der Waals surface area (Å²) in [5.74, 6) is 0.535. The fraction of sp³-hybridized carbons (Fsp3) is 0.188. The molecule has 3 rings (SSSR count). The van der Waals surface area contributed by atoms with Gasteiger partial charge in [-0.15, -0.1) is 11.8 Å². The predicted molar refractivity (Wildman–Crippen MR) is 96.1 cm³/mol. The van der Waals surface area contributed by atoms with Crippen LogP contribution in [0.15, 0.2) is 51.8 Å². The summed E-state index contributed by atoms with van der Waals surface area (Å²) >= 11 is 7.04. The molecule has 0 aliphatic carbocycles. The molecule has 0 N–H and O–H groups in total. The van der Waals surface area contributed by atoms with Gasteiger partial charge in [0.15, 0.2) is 0 Å². The summed E-state index contributed by atoms with van der Waals surface area (Å²) in [6, 6.07) is 13.5. The highest BCUT2D eigenvalue weighted by Gasteiger charge is 2.06. The first kappa shape index (κ1) is 16.4. The van der Waals surface area contributed by atoms with Crippen LogP contribution >= 0.6 is 24.0 Å². The molecule has 7 heteroatoms. The molecule has 0 amide bonds. The summed E-state index contributed by atoms with van der Waals surface area (Å²) in [6.45, 7) is 0.142. The lowest BCUT2D eigenvalue weighted by Gasteiger charge is -2.06. The van der Waals surface area contributed by atoms with Crippen molar-refractivity contribution >= 4 is 56.0 Å². The van der Waals surface area contributed by atoms with E-state index in [9.17, 15) is 8.42 Å². The molecule has 0 aliphatic rings. The number of hydrogen-bond donors (Lipinski definition) is 0. The van der Waals surface area contributed by atoms with Gasteiger partial charge in [-0.2, -0.15) is 8.42 Å². The highest BCUT2D eigenvalue weighted by Crippen LogP contribution is 2.29. The molecule has 1 aromatic heterocycles. The first-order chi connectivity index (χ1) is 10.9. The third kappa shape index (κ3) is 3.92. The van der Waals surface area contributed by atoms with E-state index in [0.29, 0.717) is 5.75 Å². The Morgan fingerprint density at radius 1 is 1.13 bits per heavy atom. The molecule has 0 unspecified atom stereocenters. The van der Waals surface area contributed by atoms with E-state index in [1.165, 1.54) is 11.8 Å². The van der Waals surface area contributed by atoms with Gasteiger partial charge >= 0.3 is 0 Å². The molecule has 0 aliphatic heterocycles. The molecule has 2 aromatic carbocycles.